The maximum absolute atomic E-state index is 11.7. The molecule has 0 radical (unpaired) electrons. The first-order valence-corrected chi connectivity index (χ1v) is 6.75. The minimum Gasteiger partial charge on any atom is -0.330 e. The molecule has 1 unspecified atom stereocenters. The molecular formula is C14H20N4O2. The summed E-state index contributed by atoms with van der Waals surface area (Å²) in [5, 5.41) is 0. The SMILES string of the molecule is NCC1CCN(CC(=O)NNC(=O)c2ccccc2)C1. The summed E-state index contributed by atoms with van der Waals surface area (Å²) in [6.45, 7) is 2.66. The van der Waals surface area contributed by atoms with Crippen molar-refractivity contribution < 1.29 is 9.59 Å². The number of benzene rings is 1. The largest absolute Gasteiger partial charge is 0.330 e. The van der Waals surface area contributed by atoms with Crippen LogP contribution < -0.4 is 16.6 Å². The Morgan fingerprint density at radius 1 is 1.25 bits per heavy atom. The van der Waals surface area contributed by atoms with Crippen molar-refractivity contribution in [2.45, 2.75) is 6.42 Å². The van der Waals surface area contributed by atoms with Crippen molar-refractivity contribution in [3.63, 3.8) is 0 Å². The van der Waals surface area contributed by atoms with Crippen molar-refractivity contribution in [1.29, 1.82) is 0 Å². The first-order valence-electron chi connectivity index (χ1n) is 6.75. The summed E-state index contributed by atoms with van der Waals surface area (Å²) in [4.78, 5) is 25.5. The number of likely N-dealkylation sites (tertiary alicyclic amines) is 1. The first-order chi connectivity index (χ1) is 9.69. The van der Waals surface area contributed by atoms with Crippen molar-refractivity contribution in [2.24, 2.45) is 11.7 Å². The average Bonchev–Trinajstić information content (AvgIpc) is 2.93. The van der Waals surface area contributed by atoms with E-state index >= 15 is 0 Å². The van der Waals surface area contributed by atoms with Gasteiger partial charge in [0.25, 0.3) is 11.8 Å². The predicted octanol–water partition coefficient (Wildman–Crippen LogP) is -0.272. The number of nitrogens with one attached hydrogen (secondary N) is 2. The average molecular weight is 276 g/mol. The highest BCUT2D eigenvalue weighted by molar-refractivity contribution is 5.95. The molecule has 6 heteroatoms. The van der Waals surface area contributed by atoms with Gasteiger partial charge in [-0.25, -0.2) is 0 Å². The lowest BCUT2D eigenvalue weighted by Crippen LogP contribution is -2.46. The van der Waals surface area contributed by atoms with Crippen LogP contribution in [-0.4, -0.2) is 42.9 Å². The van der Waals surface area contributed by atoms with Gasteiger partial charge in [-0.2, -0.15) is 0 Å². The summed E-state index contributed by atoms with van der Waals surface area (Å²) >= 11 is 0. The molecule has 0 aliphatic carbocycles. The normalized spacial score (nSPS) is 18.8. The molecule has 6 nitrogen and oxygen atoms in total. The van der Waals surface area contributed by atoms with Gasteiger partial charge in [0.05, 0.1) is 6.54 Å². The third-order valence-corrected chi connectivity index (χ3v) is 3.42. The van der Waals surface area contributed by atoms with Crippen LogP contribution >= 0.6 is 0 Å². The Hall–Kier alpha value is -1.92. The van der Waals surface area contributed by atoms with Gasteiger partial charge in [0.2, 0.25) is 0 Å². The fourth-order valence-electron chi connectivity index (χ4n) is 2.28. The summed E-state index contributed by atoms with van der Waals surface area (Å²) in [5.41, 5.74) is 11.0. The highest BCUT2D eigenvalue weighted by Crippen LogP contribution is 2.13. The van der Waals surface area contributed by atoms with Gasteiger partial charge in [0.1, 0.15) is 0 Å². The van der Waals surface area contributed by atoms with Gasteiger partial charge >= 0.3 is 0 Å². The van der Waals surface area contributed by atoms with Gasteiger partial charge in [-0.05, 0) is 37.6 Å². The molecule has 1 atom stereocenters. The van der Waals surface area contributed by atoms with Crippen LogP contribution in [0.25, 0.3) is 0 Å². The van der Waals surface area contributed by atoms with E-state index in [0.717, 1.165) is 19.5 Å². The molecule has 4 N–H and O–H groups in total. The second-order valence-electron chi connectivity index (χ2n) is 4.99. The third-order valence-electron chi connectivity index (χ3n) is 3.42. The van der Waals surface area contributed by atoms with Gasteiger partial charge in [-0.3, -0.25) is 25.3 Å². The summed E-state index contributed by atoms with van der Waals surface area (Å²) < 4.78 is 0. The molecule has 0 aromatic heterocycles. The van der Waals surface area contributed by atoms with Gasteiger partial charge in [0, 0.05) is 12.1 Å². The number of carbonyl (C=O) groups excluding carboxylic acids is 2. The Labute approximate surface area is 118 Å². The van der Waals surface area contributed by atoms with Crippen molar-refractivity contribution in [1.82, 2.24) is 15.8 Å². The molecule has 20 heavy (non-hydrogen) atoms. The van der Waals surface area contributed by atoms with E-state index in [2.05, 4.69) is 10.9 Å². The Balaban J connectivity index is 1.72. The van der Waals surface area contributed by atoms with E-state index in [1.807, 2.05) is 11.0 Å². The molecule has 1 aromatic rings. The molecule has 1 fully saturated rings. The summed E-state index contributed by atoms with van der Waals surface area (Å²) in [5.74, 6) is -0.0612. The van der Waals surface area contributed by atoms with E-state index in [-0.39, 0.29) is 18.4 Å². The summed E-state index contributed by atoms with van der Waals surface area (Å²) in [6.07, 6.45) is 1.03. The lowest BCUT2D eigenvalue weighted by atomic mass is 10.1. The number of carbonyl (C=O) groups is 2. The Morgan fingerprint density at radius 2 is 2.00 bits per heavy atom. The zero-order valence-electron chi connectivity index (χ0n) is 11.3. The van der Waals surface area contributed by atoms with Gasteiger partial charge in [-0.1, -0.05) is 18.2 Å². The number of hydrogen-bond donors (Lipinski definition) is 3. The van der Waals surface area contributed by atoms with E-state index in [9.17, 15) is 9.59 Å². The van der Waals surface area contributed by atoms with Crippen molar-refractivity contribution >= 4 is 11.8 Å². The molecule has 2 amide bonds. The molecule has 1 heterocycles. The van der Waals surface area contributed by atoms with E-state index in [1.165, 1.54) is 0 Å². The fraction of sp³-hybridized carbons (Fsp3) is 0.429. The minimum absolute atomic E-state index is 0.216. The number of hydrogen-bond acceptors (Lipinski definition) is 4. The zero-order chi connectivity index (χ0) is 14.4. The number of nitrogens with zero attached hydrogens (tertiary/aromatic N) is 1. The molecule has 1 saturated heterocycles. The Morgan fingerprint density at radius 3 is 2.65 bits per heavy atom. The summed E-state index contributed by atoms with van der Waals surface area (Å²) in [7, 11) is 0. The van der Waals surface area contributed by atoms with Crippen molar-refractivity contribution in [3.8, 4) is 0 Å². The van der Waals surface area contributed by atoms with Crippen molar-refractivity contribution in [2.75, 3.05) is 26.2 Å². The predicted molar refractivity (Wildman–Crippen MR) is 75.7 cm³/mol. The van der Waals surface area contributed by atoms with Gasteiger partial charge < -0.3 is 5.73 Å². The second kappa shape index (κ2) is 7.02. The molecule has 0 spiro atoms. The monoisotopic (exact) mass is 276 g/mol. The van der Waals surface area contributed by atoms with Gasteiger partial charge in [0.15, 0.2) is 0 Å². The van der Waals surface area contributed by atoms with Crippen LogP contribution in [0.4, 0.5) is 0 Å². The molecule has 0 saturated carbocycles. The van der Waals surface area contributed by atoms with E-state index < -0.39 is 0 Å². The van der Waals surface area contributed by atoms with E-state index in [4.69, 9.17) is 5.73 Å². The summed E-state index contributed by atoms with van der Waals surface area (Å²) in [6, 6.07) is 8.75. The highest BCUT2D eigenvalue weighted by atomic mass is 16.2. The Bertz CT molecular complexity index is 464. The van der Waals surface area contributed by atoms with Crippen LogP contribution in [0.1, 0.15) is 16.8 Å². The molecule has 0 bridgehead atoms. The Kier molecular flexibility index (Phi) is 5.09. The van der Waals surface area contributed by atoms with Crippen LogP contribution in [0.2, 0.25) is 0 Å². The molecule has 1 aromatic carbocycles. The number of rotatable bonds is 4. The minimum atomic E-state index is -0.319. The van der Waals surface area contributed by atoms with Crippen LogP contribution in [0.15, 0.2) is 30.3 Å². The molecule has 1 aliphatic heterocycles. The highest BCUT2D eigenvalue weighted by Gasteiger charge is 2.22. The number of nitrogens with two attached hydrogens (primary N) is 1. The van der Waals surface area contributed by atoms with Crippen LogP contribution in [0.5, 0.6) is 0 Å². The van der Waals surface area contributed by atoms with Crippen LogP contribution in [0.3, 0.4) is 0 Å². The molecule has 2 rings (SSSR count). The fourth-order valence-corrected chi connectivity index (χ4v) is 2.28. The quantitative estimate of drug-likeness (QED) is 0.661. The zero-order valence-corrected chi connectivity index (χ0v) is 11.3. The standard InChI is InChI=1S/C14H20N4O2/c15-8-11-6-7-18(9-11)10-13(19)16-17-14(20)12-4-2-1-3-5-12/h1-5,11H,6-10,15H2,(H,16,19)(H,17,20). The lowest BCUT2D eigenvalue weighted by molar-refractivity contribution is -0.122. The maximum atomic E-state index is 11.7. The lowest BCUT2D eigenvalue weighted by Gasteiger charge is -2.15. The van der Waals surface area contributed by atoms with Crippen molar-refractivity contribution in [3.05, 3.63) is 35.9 Å². The third kappa shape index (κ3) is 4.04. The van der Waals surface area contributed by atoms with E-state index in [0.29, 0.717) is 18.0 Å². The smallest absolute Gasteiger partial charge is 0.269 e. The first kappa shape index (κ1) is 14.5. The molecular weight excluding hydrogens is 256 g/mol. The molecule has 1 aliphatic rings. The van der Waals surface area contributed by atoms with E-state index in [1.54, 1.807) is 24.3 Å². The van der Waals surface area contributed by atoms with Crippen LogP contribution in [0, 0.1) is 5.92 Å². The topological polar surface area (TPSA) is 87.5 Å². The van der Waals surface area contributed by atoms with Crippen LogP contribution in [-0.2, 0) is 4.79 Å². The van der Waals surface area contributed by atoms with Gasteiger partial charge in [-0.15, -0.1) is 0 Å². The number of hydrazine groups is 1. The molecule has 108 valence electrons. The second-order valence-corrected chi connectivity index (χ2v) is 4.99. The maximum Gasteiger partial charge on any atom is 0.269 e. The number of amides is 2.